The summed E-state index contributed by atoms with van der Waals surface area (Å²) in [6.45, 7) is 0. The van der Waals surface area contributed by atoms with Crippen LogP contribution < -0.4 is 0 Å². The van der Waals surface area contributed by atoms with E-state index >= 15 is 0 Å². The van der Waals surface area contributed by atoms with Gasteiger partial charge in [0.1, 0.15) is 5.92 Å². The van der Waals surface area contributed by atoms with Crippen LogP contribution in [0.15, 0.2) is 60.7 Å². The van der Waals surface area contributed by atoms with Crippen molar-refractivity contribution in [1.82, 2.24) is 0 Å². The summed E-state index contributed by atoms with van der Waals surface area (Å²) in [6, 6.07) is 17.0. The molecule has 0 aromatic heterocycles. The van der Waals surface area contributed by atoms with Crippen molar-refractivity contribution >= 4 is 0 Å². The van der Waals surface area contributed by atoms with Crippen molar-refractivity contribution in [3.05, 3.63) is 92.0 Å². The van der Waals surface area contributed by atoms with Gasteiger partial charge in [0.05, 0.1) is 9.85 Å². The minimum atomic E-state index is -1.90. The first-order valence-corrected chi connectivity index (χ1v) is 5.98. The predicted molar refractivity (Wildman–Crippen MR) is 72.5 cm³/mol. The summed E-state index contributed by atoms with van der Waals surface area (Å²) in [4.78, 5) is 20.5. The highest BCUT2D eigenvalue weighted by atomic mass is 16.7. The van der Waals surface area contributed by atoms with E-state index in [2.05, 4.69) is 0 Å². The molecule has 2 aromatic carbocycles. The summed E-state index contributed by atoms with van der Waals surface area (Å²) in [5.41, 5.74) is 1.11. The van der Waals surface area contributed by atoms with Crippen molar-refractivity contribution in [1.29, 1.82) is 0 Å². The Morgan fingerprint density at radius 1 is 0.700 bits per heavy atom. The Hall–Kier alpha value is -2.76. The minimum absolute atomic E-state index is 0.553. The summed E-state index contributed by atoms with van der Waals surface area (Å²) < 4.78 is 0. The molecule has 0 aliphatic rings. The van der Waals surface area contributed by atoms with E-state index < -0.39 is 21.9 Å². The van der Waals surface area contributed by atoms with Crippen molar-refractivity contribution < 1.29 is 9.85 Å². The van der Waals surface area contributed by atoms with Crippen molar-refractivity contribution in [2.45, 2.75) is 12.1 Å². The van der Waals surface area contributed by atoms with Crippen LogP contribution in [-0.4, -0.2) is 16.0 Å². The van der Waals surface area contributed by atoms with Gasteiger partial charge in [-0.3, -0.25) is 20.2 Å². The Labute approximate surface area is 115 Å². The molecule has 0 heterocycles. The Balaban J connectivity index is 2.55. The molecule has 0 spiro atoms. The molecule has 0 bridgehead atoms. The zero-order chi connectivity index (χ0) is 14.5. The van der Waals surface area contributed by atoms with Gasteiger partial charge in [-0.15, -0.1) is 0 Å². The number of nitrogens with zero attached hydrogens (tertiary/aromatic N) is 2. The van der Waals surface area contributed by atoms with Gasteiger partial charge in [-0.05, 0) is 11.1 Å². The average Bonchev–Trinajstić information content (AvgIpc) is 2.45. The van der Waals surface area contributed by atoms with Gasteiger partial charge in [0.15, 0.2) is 0 Å². The van der Waals surface area contributed by atoms with Crippen molar-refractivity contribution in [2.75, 3.05) is 0 Å². The van der Waals surface area contributed by atoms with Gasteiger partial charge in [0.25, 0.3) is 0 Å². The lowest BCUT2D eigenvalue weighted by Crippen LogP contribution is -2.35. The smallest absolute Gasteiger partial charge is 0.259 e. The van der Waals surface area contributed by atoms with Gasteiger partial charge >= 0.3 is 6.17 Å². The van der Waals surface area contributed by atoms with Gasteiger partial charge in [0, 0.05) is 0 Å². The third-order valence-corrected chi connectivity index (χ3v) is 3.05. The fourth-order valence-corrected chi connectivity index (χ4v) is 2.18. The number of hydrogen-bond donors (Lipinski definition) is 0. The van der Waals surface area contributed by atoms with E-state index in [1.807, 2.05) is 0 Å². The number of rotatable bonds is 5. The van der Waals surface area contributed by atoms with E-state index in [9.17, 15) is 20.2 Å². The zero-order valence-electron chi connectivity index (χ0n) is 10.5. The molecule has 102 valence electrons. The molecule has 6 nitrogen and oxygen atoms in total. The summed E-state index contributed by atoms with van der Waals surface area (Å²) in [6.07, 6.45) is -1.90. The standard InChI is InChI=1S/C14H12N2O4/c17-15(18)14(16(19)20)13(11-7-3-1-4-8-11)12-9-5-2-6-10-12/h1-10,13-14H. The molecule has 0 atom stereocenters. The minimum Gasteiger partial charge on any atom is -0.259 e. The molecule has 0 N–H and O–H groups in total. The fourth-order valence-electron chi connectivity index (χ4n) is 2.18. The Morgan fingerprint density at radius 3 is 1.35 bits per heavy atom. The van der Waals surface area contributed by atoms with Crippen LogP contribution >= 0.6 is 0 Å². The van der Waals surface area contributed by atoms with Gasteiger partial charge < -0.3 is 0 Å². The first-order valence-electron chi connectivity index (χ1n) is 5.98. The second-order valence-corrected chi connectivity index (χ2v) is 4.28. The maximum Gasteiger partial charge on any atom is 0.461 e. The Morgan fingerprint density at radius 2 is 1.05 bits per heavy atom. The van der Waals surface area contributed by atoms with E-state index in [0.29, 0.717) is 11.1 Å². The number of nitro groups is 2. The van der Waals surface area contributed by atoms with Crippen molar-refractivity contribution in [3.8, 4) is 0 Å². The quantitative estimate of drug-likeness (QED) is 0.475. The highest BCUT2D eigenvalue weighted by Crippen LogP contribution is 2.29. The molecule has 0 aliphatic heterocycles. The molecule has 2 rings (SSSR count). The largest absolute Gasteiger partial charge is 0.461 e. The molecule has 20 heavy (non-hydrogen) atoms. The molecular weight excluding hydrogens is 260 g/mol. The van der Waals surface area contributed by atoms with Crippen LogP contribution in [0.4, 0.5) is 0 Å². The van der Waals surface area contributed by atoms with E-state index in [0.717, 1.165) is 0 Å². The van der Waals surface area contributed by atoms with Crippen LogP contribution in [0.3, 0.4) is 0 Å². The molecule has 0 fully saturated rings. The molecule has 0 unspecified atom stereocenters. The SMILES string of the molecule is O=[N+]([O-])C(C(c1ccccc1)c1ccccc1)[N+](=O)[O-]. The Kier molecular flexibility index (Phi) is 4.05. The van der Waals surface area contributed by atoms with Crippen LogP contribution in [0.2, 0.25) is 0 Å². The number of benzene rings is 2. The molecule has 0 amide bonds. The first-order chi connectivity index (χ1) is 9.61. The van der Waals surface area contributed by atoms with Crippen LogP contribution in [-0.2, 0) is 0 Å². The van der Waals surface area contributed by atoms with E-state index in [-0.39, 0.29) is 0 Å². The van der Waals surface area contributed by atoms with Crippen molar-refractivity contribution in [3.63, 3.8) is 0 Å². The summed E-state index contributed by atoms with van der Waals surface area (Å²) >= 11 is 0. The predicted octanol–water partition coefficient (Wildman–Crippen LogP) is 2.70. The van der Waals surface area contributed by atoms with Crippen molar-refractivity contribution in [2.24, 2.45) is 0 Å². The lowest BCUT2D eigenvalue weighted by Gasteiger charge is -2.16. The van der Waals surface area contributed by atoms with Crippen LogP contribution in [0.5, 0.6) is 0 Å². The summed E-state index contributed by atoms with van der Waals surface area (Å²) in [5.74, 6) is -0.914. The van der Waals surface area contributed by atoms with Crippen LogP contribution in [0.25, 0.3) is 0 Å². The molecule has 0 radical (unpaired) electrons. The maximum atomic E-state index is 11.1. The lowest BCUT2D eigenvalue weighted by atomic mass is 9.89. The third kappa shape index (κ3) is 2.80. The maximum absolute atomic E-state index is 11.1. The van der Waals surface area contributed by atoms with Gasteiger partial charge in [-0.25, -0.2) is 0 Å². The van der Waals surface area contributed by atoms with Gasteiger partial charge in [-0.1, -0.05) is 60.7 Å². The monoisotopic (exact) mass is 272 g/mol. The molecule has 2 aromatic rings. The second kappa shape index (κ2) is 5.92. The molecule has 6 heteroatoms. The fraction of sp³-hybridized carbons (Fsp3) is 0.143. The normalized spacial score (nSPS) is 10.7. The molecular formula is C14H12N2O4. The van der Waals surface area contributed by atoms with E-state index in [1.165, 1.54) is 0 Å². The van der Waals surface area contributed by atoms with E-state index in [4.69, 9.17) is 0 Å². The topological polar surface area (TPSA) is 86.3 Å². The van der Waals surface area contributed by atoms with Crippen LogP contribution in [0.1, 0.15) is 17.0 Å². The first kappa shape index (κ1) is 13.7. The number of hydrogen-bond acceptors (Lipinski definition) is 4. The average molecular weight is 272 g/mol. The van der Waals surface area contributed by atoms with Gasteiger partial charge in [0.2, 0.25) is 0 Å². The van der Waals surface area contributed by atoms with Crippen LogP contribution in [0, 0.1) is 20.2 Å². The summed E-state index contributed by atoms with van der Waals surface area (Å²) in [5, 5.41) is 22.2. The third-order valence-electron chi connectivity index (χ3n) is 3.05. The second-order valence-electron chi connectivity index (χ2n) is 4.28. The highest BCUT2D eigenvalue weighted by molar-refractivity contribution is 5.32. The van der Waals surface area contributed by atoms with Gasteiger partial charge in [-0.2, -0.15) is 0 Å². The Bertz CT molecular complexity index is 548. The summed E-state index contributed by atoms with van der Waals surface area (Å²) in [7, 11) is 0. The lowest BCUT2D eigenvalue weighted by molar-refractivity contribution is -0.744. The molecule has 0 aliphatic carbocycles. The zero-order valence-corrected chi connectivity index (χ0v) is 10.5. The molecule has 0 saturated carbocycles. The van der Waals surface area contributed by atoms with E-state index in [1.54, 1.807) is 60.7 Å². The highest BCUT2D eigenvalue weighted by Gasteiger charge is 2.44. The molecule has 0 saturated heterocycles.